The molecule has 8 heteroatoms. The second-order valence-electron chi connectivity index (χ2n) is 9.47. The molecule has 1 aromatic heterocycles. The number of benzene rings is 3. The minimum Gasteiger partial charge on any atom is -0.453 e. The van der Waals surface area contributed by atoms with Crippen molar-refractivity contribution in [3.63, 3.8) is 0 Å². The summed E-state index contributed by atoms with van der Waals surface area (Å²) in [5.41, 5.74) is 2.90. The van der Waals surface area contributed by atoms with Gasteiger partial charge in [-0.1, -0.05) is 41.9 Å². The van der Waals surface area contributed by atoms with E-state index in [1.165, 1.54) is 12.8 Å². The maximum absolute atomic E-state index is 13.6. The normalized spacial score (nSPS) is 14.3. The summed E-state index contributed by atoms with van der Waals surface area (Å²) >= 11 is 6.30. The predicted octanol–water partition coefficient (Wildman–Crippen LogP) is 5.19. The zero-order valence-electron chi connectivity index (χ0n) is 20.3. The molecule has 0 atom stereocenters. The van der Waals surface area contributed by atoms with Gasteiger partial charge < -0.3 is 24.8 Å². The van der Waals surface area contributed by atoms with Crippen LogP contribution in [0.2, 0.25) is 5.02 Å². The van der Waals surface area contributed by atoms with Gasteiger partial charge in [0.1, 0.15) is 11.1 Å². The Hall–Kier alpha value is -3.81. The Morgan fingerprint density at radius 3 is 2.62 bits per heavy atom. The first-order valence-corrected chi connectivity index (χ1v) is 12.9. The van der Waals surface area contributed by atoms with Gasteiger partial charge in [0.05, 0.1) is 11.1 Å². The number of fused-ring (bicyclic) bond motifs is 2. The molecule has 0 saturated carbocycles. The molecule has 0 radical (unpaired) electrons. The third-order valence-electron chi connectivity index (χ3n) is 6.96. The predicted molar refractivity (Wildman–Crippen MR) is 146 cm³/mol. The zero-order chi connectivity index (χ0) is 25.4. The van der Waals surface area contributed by atoms with Gasteiger partial charge in [-0.3, -0.25) is 9.59 Å². The lowest BCUT2D eigenvalue weighted by Crippen LogP contribution is -2.36. The minimum absolute atomic E-state index is 0.0907. The lowest BCUT2D eigenvalue weighted by atomic mass is 10.1. The summed E-state index contributed by atoms with van der Waals surface area (Å²) in [6, 6.07) is 19.0. The maximum atomic E-state index is 13.6. The Bertz CT molecular complexity index is 1540. The Morgan fingerprint density at radius 1 is 1.00 bits per heavy atom. The fourth-order valence-corrected chi connectivity index (χ4v) is 5.24. The molecule has 7 nitrogen and oxygen atoms in total. The first-order chi connectivity index (χ1) is 18.1. The topological polar surface area (TPSA) is 75.6 Å². The van der Waals surface area contributed by atoms with Crippen LogP contribution >= 0.6 is 11.6 Å². The van der Waals surface area contributed by atoms with E-state index in [1.54, 1.807) is 30.5 Å². The van der Waals surface area contributed by atoms with Gasteiger partial charge >= 0.3 is 0 Å². The summed E-state index contributed by atoms with van der Waals surface area (Å²) in [7, 11) is 0. The number of pyridine rings is 1. The van der Waals surface area contributed by atoms with Gasteiger partial charge in [0.15, 0.2) is 11.5 Å². The summed E-state index contributed by atoms with van der Waals surface area (Å²) in [4.78, 5) is 29.2. The number of aromatic nitrogens is 1. The van der Waals surface area contributed by atoms with E-state index in [2.05, 4.69) is 15.5 Å². The molecule has 1 fully saturated rings. The van der Waals surface area contributed by atoms with Crippen molar-refractivity contribution in [1.29, 1.82) is 0 Å². The molecule has 2 aliphatic heterocycles. The van der Waals surface area contributed by atoms with Gasteiger partial charge in [0.2, 0.25) is 5.43 Å². The van der Waals surface area contributed by atoms with Crippen molar-refractivity contribution < 1.29 is 9.53 Å². The van der Waals surface area contributed by atoms with E-state index >= 15 is 0 Å². The average Bonchev–Trinajstić information content (AvgIpc) is 3.43. The molecule has 188 valence electrons. The van der Waals surface area contributed by atoms with Crippen molar-refractivity contribution in [3.8, 4) is 17.2 Å². The van der Waals surface area contributed by atoms with E-state index < -0.39 is 0 Å². The van der Waals surface area contributed by atoms with Crippen LogP contribution in [-0.4, -0.2) is 41.6 Å². The molecule has 2 aliphatic rings. The number of hydrogen-bond donors (Lipinski definition) is 2. The highest BCUT2D eigenvalue weighted by molar-refractivity contribution is 6.30. The second-order valence-corrected chi connectivity index (χ2v) is 9.91. The number of anilines is 1. The quantitative estimate of drug-likeness (QED) is 0.313. The van der Waals surface area contributed by atoms with Crippen LogP contribution in [0.5, 0.6) is 11.5 Å². The van der Waals surface area contributed by atoms with Crippen LogP contribution in [0.1, 0.15) is 28.8 Å². The number of nitrogens with zero attached hydrogens (tertiary/aromatic N) is 2. The number of ether oxygens (including phenoxy) is 1. The van der Waals surface area contributed by atoms with E-state index in [-0.39, 0.29) is 16.9 Å². The smallest absolute Gasteiger partial charge is 0.256 e. The number of amides is 1. The number of rotatable bonds is 7. The highest BCUT2D eigenvalue weighted by Gasteiger charge is 2.25. The molecule has 1 saturated heterocycles. The van der Waals surface area contributed by atoms with E-state index in [1.807, 2.05) is 41.0 Å². The number of carbonyl (C=O) groups is 1. The SMILES string of the molecule is O=C(NCCN1CCCC1)c1cn2c3c(cc(NCc4ccccc4)cc3c1=O)Oc1ccc(Cl)cc1-2. The second kappa shape index (κ2) is 9.92. The molecular formula is C29H27ClN4O3. The number of carbonyl (C=O) groups excluding carboxylic acids is 1. The number of likely N-dealkylation sites (tertiary alicyclic amines) is 1. The Kier molecular flexibility index (Phi) is 6.32. The van der Waals surface area contributed by atoms with Crippen molar-refractivity contribution >= 4 is 34.1 Å². The highest BCUT2D eigenvalue weighted by atomic mass is 35.5. The molecule has 0 spiro atoms. The van der Waals surface area contributed by atoms with Gasteiger partial charge in [-0.15, -0.1) is 0 Å². The van der Waals surface area contributed by atoms with E-state index in [4.69, 9.17) is 16.3 Å². The lowest BCUT2D eigenvalue weighted by molar-refractivity contribution is 0.0948. The fraction of sp³-hybridized carbons (Fsp3) is 0.241. The molecule has 0 bridgehead atoms. The average molecular weight is 515 g/mol. The van der Waals surface area contributed by atoms with Crippen molar-refractivity contribution in [2.45, 2.75) is 19.4 Å². The molecule has 3 heterocycles. The third-order valence-corrected chi connectivity index (χ3v) is 7.20. The fourth-order valence-electron chi connectivity index (χ4n) is 5.07. The van der Waals surface area contributed by atoms with Gasteiger partial charge in [0, 0.05) is 42.6 Å². The standard InChI is InChI=1S/C29H27ClN4O3/c30-20-8-9-25-24(14-20)34-18-23(29(36)31-10-13-33-11-4-5-12-33)28(35)22-15-21(16-26(37-25)27(22)34)32-17-19-6-2-1-3-7-19/h1-3,6-9,14-16,18,32H,4-5,10-13,17H2,(H,31,36). The maximum Gasteiger partial charge on any atom is 0.256 e. The van der Waals surface area contributed by atoms with Crippen LogP contribution < -0.4 is 20.8 Å². The first kappa shape index (κ1) is 23.6. The molecule has 2 N–H and O–H groups in total. The highest BCUT2D eigenvalue weighted by Crippen LogP contribution is 2.42. The van der Waals surface area contributed by atoms with Gasteiger partial charge in [0.25, 0.3) is 5.91 Å². The molecule has 0 unspecified atom stereocenters. The molecule has 1 amide bonds. The molecule has 3 aromatic carbocycles. The van der Waals surface area contributed by atoms with Crippen molar-refractivity contribution in [1.82, 2.24) is 14.8 Å². The summed E-state index contributed by atoms with van der Waals surface area (Å²) in [6.45, 7) is 3.96. The Morgan fingerprint density at radius 2 is 1.81 bits per heavy atom. The summed E-state index contributed by atoms with van der Waals surface area (Å²) in [6.07, 6.45) is 3.99. The Labute approximate surface area is 219 Å². The number of halogens is 1. The van der Waals surface area contributed by atoms with E-state index in [9.17, 15) is 9.59 Å². The summed E-state index contributed by atoms with van der Waals surface area (Å²) in [5, 5.41) is 7.28. The van der Waals surface area contributed by atoms with Gasteiger partial charge in [-0.25, -0.2) is 0 Å². The molecule has 6 rings (SSSR count). The Balaban J connectivity index is 1.40. The van der Waals surface area contributed by atoms with E-state index in [0.29, 0.717) is 46.2 Å². The monoisotopic (exact) mass is 514 g/mol. The molecule has 37 heavy (non-hydrogen) atoms. The van der Waals surface area contributed by atoms with Crippen molar-refractivity contribution in [2.75, 3.05) is 31.5 Å². The van der Waals surface area contributed by atoms with Crippen LogP contribution in [0, 0.1) is 0 Å². The summed E-state index contributed by atoms with van der Waals surface area (Å²) in [5.74, 6) is 0.762. The van der Waals surface area contributed by atoms with Gasteiger partial charge in [-0.2, -0.15) is 0 Å². The van der Waals surface area contributed by atoms with Crippen LogP contribution in [0.3, 0.4) is 0 Å². The lowest BCUT2D eigenvalue weighted by Gasteiger charge is -2.25. The number of nitrogens with one attached hydrogen (secondary N) is 2. The summed E-state index contributed by atoms with van der Waals surface area (Å²) < 4.78 is 8.05. The van der Waals surface area contributed by atoms with Crippen LogP contribution in [0.15, 0.2) is 71.7 Å². The van der Waals surface area contributed by atoms with E-state index in [0.717, 1.165) is 30.9 Å². The van der Waals surface area contributed by atoms with Crippen molar-refractivity contribution in [2.24, 2.45) is 0 Å². The van der Waals surface area contributed by atoms with Crippen LogP contribution in [0.4, 0.5) is 5.69 Å². The first-order valence-electron chi connectivity index (χ1n) is 12.6. The third kappa shape index (κ3) is 4.68. The largest absolute Gasteiger partial charge is 0.453 e. The molecule has 0 aliphatic carbocycles. The zero-order valence-corrected chi connectivity index (χ0v) is 21.1. The molecule has 4 aromatic rings. The number of hydrogen-bond acceptors (Lipinski definition) is 5. The van der Waals surface area contributed by atoms with Crippen molar-refractivity contribution in [3.05, 3.63) is 93.2 Å². The molecular weight excluding hydrogens is 488 g/mol. The minimum atomic E-state index is -0.380. The van der Waals surface area contributed by atoms with Gasteiger partial charge in [-0.05, 0) is 55.8 Å². The van der Waals surface area contributed by atoms with Crippen LogP contribution in [-0.2, 0) is 6.54 Å². The van der Waals surface area contributed by atoms with Crippen LogP contribution in [0.25, 0.3) is 16.6 Å².